The molecule has 9 heteroatoms. The number of carbonyl (C=O) groups is 1. The number of benzene rings is 2. The summed E-state index contributed by atoms with van der Waals surface area (Å²) in [4.78, 5) is 13.2. The molecule has 3 aromatic rings. The van der Waals surface area contributed by atoms with Crippen LogP contribution in [0, 0.1) is 0 Å². The number of hydrogen-bond donors (Lipinski definition) is 1. The molecule has 0 spiro atoms. The lowest BCUT2D eigenvalue weighted by atomic mass is 10.0. The summed E-state index contributed by atoms with van der Waals surface area (Å²) in [6.45, 7) is 3.74. The summed E-state index contributed by atoms with van der Waals surface area (Å²) in [6.07, 6.45) is -2.77. The highest BCUT2D eigenvalue weighted by Crippen LogP contribution is 2.38. The second kappa shape index (κ2) is 8.17. The van der Waals surface area contributed by atoms with Crippen LogP contribution in [0.5, 0.6) is 0 Å². The van der Waals surface area contributed by atoms with Gasteiger partial charge in [0.05, 0.1) is 6.54 Å². The van der Waals surface area contributed by atoms with Gasteiger partial charge in [0, 0.05) is 15.6 Å². The third kappa shape index (κ3) is 3.91. The Morgan fingerprint density at radius 2 is 1.84 bits per heavy atom. The molecule has 5 rings (SSSR count). The maximum absolute atomic E-state index is 13.2. The number of ether oxygens (including phenoxy) is 3. The number of carbonyl (C=O) groups excluding carboxylic acids is 1. The zero-order chi connectivity index (χ0) is 22.5. The number of ketones is 1. The predicted molar refractivity (Wildman–Crippen MR) is 118 cm³/mol. The van der Waals surface area contributed by atoms with Crippen molar-refractivity contribution in [1.82, 2.24) is 15.0 Å². The first-order valence-electron chi connectivity index (χ1n) is 10.3. The highest BCUT2D eigenvalue weighted by Gasteiger charge is 2.54. The van der Waals surface area contributed by atoms with Crippen molar-refractivity contribution in [3.05, 3.63) is 70.3 Å². The van der Waals surface area contributed by atoms with Gasteiger partial charge in [-0.15, -0.1) is 5.10 Å². The minimum Gasteiger partial charge on any atom is -0.387 e. The van der Waals surface area contributed by atoms with Gasteiger partial charge in [-0.05, 0) is 26.0 Å². The number of aromatic nitrogens is 3. The zero-order valence-electron chi connectivity index (χ0n) is 17.5. The first-order chi connectivity index (χ1) is 15.3. The predicted octanol–water partition coefficient (Wildman–Crippen LogP) is 3.18. The molecule has 2 aliphatic heterocycles. The summed E-state index contributed by atoms with van der Waals surface area (Å²) in [7, 11) is 0. The topological polar surface area (TPSA) is 95.7 Å². The molecule has 4 atom stereocenters. The average Bonchev–Trinajstić information content (AvgIpc) is 3.41. The van der Waals surface area contributed by atoms with Crippen LogP contribution in [0.25, 0.3) is 11.3 Å². The summed E-state index contributed by atoms with van der Waals surface area (Å²) in [6, 6.07) is 16.5. The highest BCUT2D eigenvalue weighted by atomic mass is 79.9. The van der Waals surface area contributed by atoms with E-state index in [4.69, 9.17) is 14.2 Å². The van der Waals surface area contributed by atoms with E-state index in [1.807, 2.05) is 30.3 Å². The van der Waals surface area contributed by atoms with Gasteiger partial charge in [-0.1, -0.05) is 63.6 Å². The fourth-order valence-electron chi connectivity index (χ4n) is 4.09. The number of hydrogen-bond acceptors (Lipinski definition) is 7. The summed E-state index contributed by atoms with van der Waals surface area (Å²) in [5.41, 5.74) is 2.09. The Kier molecular flexibility index (Phi) is 5.47. The van der Waals surface area contributed by atoms with Crippen LogP contribution in [0.4, 0.5) is 0 Å². The Labute approximate surface area is 193 Å². The number of nitrogens with zero attached hydrogens (tertiary/aromatic N) is 3. The van der Waals surface area contributed by atoms with E-state index in [-0.39, 0.29) is 18.0 Å². The second-order valence-corrected chi connectivity index (χ2v) is 9.22. The SMILES string of the molecule is CC1(C)O[C@H]2O[C@H](Cn3nnc(C(=O)c4ccccc4)c3-c3ccc(Br)cc3)[C@H](O)[C@H]2O1. The van der Waals surface area contributed by atoms with Gasteiger partial charge >= 0.3 is 0 Å². The second-order valence-electron chi connectivity index (χ2n) is 8.30. The number of halogens is 1. The molecule has 1 aromatic heterocycles. The summed E-state index contributed by atoms with van der Waals surface area (Å²) in [5.74, 6) is -1.04. The largest absolute Gasteiger partial charge is 0.387 e. The van der Waals surface area contributed by atoms with E-state index >= 15 is 0 Å². The molecule has 2 saturated heterocycles. The maximum atomic E-state index is 13.2. The zero-order valence-corrected chi connectivity index (χ0v) is 19.1. The van der Waals surface area contributed by atoms with Crippen molar-refractivity contribution in [3.63, 3.8) is 0 Å². The quantitative estimate of drug-likeness (QED) is 0.538. The monoisotopic (exact) mass is 499 g/mol. The van der Waals surface area contributed by atoms with Gasteiger partial charge in [-0.2, -0.15) is 0 Å². The Morgan fingerprint density at radius 1 is 1.12 bits per heavy atom. The van der Waals surface area contributed by atoms with Gasteiger partial charge in [0.25, 0.3) is 0 Å². The van der Waals surface area contributed by atoms with E-state index in [2.05, 4.69) is 26.2 Å². The van der Waals surface area contributed by atoms with E-state index < -0.39 is 30.4 Å². The first-order valence-corrected chi connectivity index (χ1v) is 11.1. The van der Waals surface area contributed by atoms with Crippen LogP contribution in [0.2, 0.25) is 0 Å². The van der Waals surface area contributed by atoms with Crippen molar-refractivity contribution < 1.29 is 24.1 Å². The van der Waals surface area contributed by atoms with Crippen molar-refractivity contribution in [2.24, 2.45) is 0 Å². The molecule has 2 aliphatic rings. The minimum absolute atomic E-state index is 0.182. The fraction of sp³-hybridized carbons (Fsp3) is 0.348. The van der Waals surface area contributed by atoms with Crippen molar-refractivity contribution >= 4 is 21.7 Å². The van der Waals surface area contributed by atoms with E-state index in [9.17, 15) is 9.90 Å². The molecule has 0 saturated carbocycles. The molecule has 8 nitrogen and oxygen atoms in total. The molecule has 0 amide bonds. The van der Waals surface area contributed by atoms with Crippen molar-refractivity contribution in [1.29, 1.82) is 0 Å². The van der Waals surface area contributed by atoms with Crippen LogP contribution in [0.1, 0.15) is 29.9 Å². The van der Waals surface area contributed by atoms with Crippen molar-refractivity contribution in [2.45, 2.75) is 50.8 Å². The Balaban J connectivity index is 1.48. The van der Waals surface area contributed by atoms with Gasteiger partial charge < -0.3 is 19.3 Å². The summed E-state index contributed by atoms with van der Waals surface area (Å²) >= 11 is 3.44. The maximum Gasteiger partial charge on any atom is 0.215 e. The molecule has 2 aromatic carbocycles. The smallest absolute Gasteiger partial charge is 0.215 e. The molecule has 3 heterocycles. The van der Waals surface area contributed by atoms with Gasteiger partial charge in [-0.25, -0.2) is 4.68 Å². The lowest BCUT2D eigenvalue weighted by Crippen LogP contribution is -2.36. The molecule has 0 bridgehead atoms. The standard InChI is InChI=1S/C23H22BrN3O5/c1-23(2)31-21-20(29)16(30-22(21)32-23)12-27-18(13-8-10-15(24)11-9-13)17(25-26-27)19(28)14-6-4-3-5-7-14/h3-11,16,20-22,29H,12H2,1-2H3/t16-,20+,21-,22-/m1/s1. The van der Waals surface area contributed by atoms with Crippen LogP contribution in [0.3, 0.4) is 0 Å². The third-order valence-corrected chi connectivity index (χ3v) is 6.10. The fourth-order valence-corrected chi connectivity index (χ4v) is 4.36. The van der Waals surface area contributed by atoms with Crippen LogP contribution >= 0.6 is 15.9 Å². The van der Waals surface area contributed by atoms with Crippen molar-refractivity contribution in [2.75, 3.05) is 0 Å². The van der Waals surface area contributed by atoms with Crippen LogP contribution in [-0.4, -0.2) is 56.3 Å². The Bertz CT molecular complexity index is 1130. The van der Waals surface area contributed by atoms with Gasteiger partial charge in [0.2, 0.25) is 5.78 Å². The third-order valence-electron chi connectivity index (χ3n) is 5.57. The lowest BCUT2D eigenvalue weighted by Gasteiger charge is -2.23. The summed E-state index contributed by atoms with van der Waals surface area (Å²) in [5, 5.41) is 19.2. The molecule has 0 aliphatic carbocycles. The molecule has 166 valence electrons. The number of aliphatic hydroxyl groups excluding tert-OH is 1. The number of aliphatic hydroxyl groups is 1. The number of rotatable bonds is 5. The molecule has 1 N–H and O–H groups in total. The molecule has 32 heavy (non-hydrogen) atoms. The van der Waals surface area contributed by atoms with E-state index in [0.29, 0.717) is 11.3 Å². The first kappa shape index (κ1) is 21.4. The molecular weight excluding hydrogens is 478 g/mol. The van der Waals surface area contributed by atoms with Gasteiger partial charge in [0.1, 0.15) is 24.0 Å². The normalized spacial score (nSPS) is 26.2. The van der Waals surface area contributed by atoms with E-state index in [1.165, 1.54) is 0 Å². The van der Waals surface area contributed by atoms with Crippen molar-refractivity contribution in [3.8, 4) is 11.3 Å². The molecule has 2 fully saturated rings. The highest BCUT2D eigenvalue weighted by molar-refractivity contribution is 9.10. The molecule has 0 radical (unpaired) electrons. The van der Waals surface area contributed by atoms with Crippen LogP contribution < -0.4 is 0 Å². The minimum atomic E-state index is -0.906. The van der Waals surface area contributed by atoms with Crippen LogP contribution in [0.15, 0.2) is 59.1 Å². The van der Waals surface area contributed by atoms with E-state index in [0.717, 1.165) is 10.0 Å². The molecule has 0 unspecified atom stereocenters. The van der Waals surface area contributed by atoms with Gasteiger partial charge in [0.15, 0.2) is 17.8 Å². The van der Waals surface area contributed by atoms with E-state index in [1.54, 1.807) is 42.8 Å². The lowest BCUT2D eigenvalue weighted by molar-refractivity contribution is -0.216. The Morgan fingerprint density at radius 3 is 2.53 bits per heavy atom. The Hall–Kier alpha value is -2.43. The van der Waals surface area contributed by atoms with Gasteiger partial charge in [-0.3, -0.25) is 4.79 Å². The summed E-state index contributed by atoms with van der Waals surface area (Å²) < 4.78 is 19.9. The average molecular weight is 500 g/mol. The number of fused-ring (bicyclic) bond motifs is 1. The molecular formula is C23H22BrN3O5. The van der Waals surface area contributed by atoms with Crippen LogP contribution in [-0.2, 0) is 20.8 Å².